The largest absolute Gasteiger partial charge is 0.374 e. The number of hydrogen-bond acceptors (Lipinski definition) is 3. The summed E-state index contributed by atoms with van der Waals surface area (Å²) in [6.07, 6.45) is 0. The normalized spacial score (nSPS) is 11.5. The highest BCUT2D eigenvalue weighted by atomic mass is 16.2. The molecule has 0 heterocycles. The van der Waals surface area contributed by atoms with Crippen molar-refractivity contribution in [3.63, 3.8) is 0 Å². The maximum absolute atomic E-state index is 12.4. The number of rotatable bonds is 4. The van der Waals surface area contributed by atoms with Crippen molar-refractivity contribution in [2.24, 2.45) is 0 Å². The predicted molar refractivity (Wildman–Crippen MR) is 96.8 cm³/mol. The van der Waals surface area contributed by atoms with Crippen LogP contribution in [0.4, 0.5) is 11.4 Å². The van der Waals surface area contributed by atoms with Gasteiger partial charge in [0.25, 0.3) is 0 Å². The van der Waals surface area contributed by atoms with Gasteiger partial charge in [0, 0.05) is 5.69 Å². The van der Waals surface area contributed by atoms with Crippen molar-refractivity contribution in [2.75, 3.05) is 10.6 Å². The number of nitriles is 1. The molecule has 0 radical (unpaired) electrons. The Balaban J connectivity index is 1.72. The Hall–Kier alpha value is -3.32. The second kappa shape index (κ2) is 6.84. The van der Waals surface area contributed by atoms with Crippen LogP contribution >= 0.6 is 0 Å². The topological polar surface area (TPSA) is 64.9 Å². The van der Waals surface area contributed by atoms with E-state index >= 15 is 0 Å². The Morgan fingerprint density at radius 3 is 2.50 bits per heavy atom. The number of para-hydroxylation sites is 1. The third kappa shape index (κ3) is 3.36. The summed E-state index contributed by atoms with van der Waals surface area (Å²) in [6, 6.07) is 22.7. The molecule has 2 N–H and O–H groups in total. The molecule has 4 nitrogen and oxygen atoms in total. The molecule has 0 saturated carbocycles. The van der Waals surface area contributed by atoms with Crippen LogP contribution in [0, 0.1) is 11.3 Å². The number of amides is 1. The van der Waals surface area contributed by atoms with Gasteiger partial charge < -0.3 is 10.6 Å². The predicted octanol–water partition coefficient (Wildman–Crippen LogP) is 4.15. The van der Waals surface area contributed by atoms with Crippen molar-refractivity contribution in [2.45, 2.75) is 13.0 Å². The number of hydrogen-bond donors (Lipinski definition) is 2. The van der Waals surface area contributed by atoms with Crippen LogP contribution in [-0.2, 0) is 4.79 Å². The summed E-state index contributed by atoms with van der Waals surface area (Å²) in [5, 5.41) is 17.4. The van der Waals surface area contributed by atoms with Crippen LogP contribution in [0.15, 0.2) is 66.7 Å². The Labute approximate surface area is 140 Å². The van der Waals surface area contributed by atoms with E-state index in [0.717, 1.165) is 16.5 Å². The molecule has 1 amide bonds. The van der Waals surface area contributed by atoms with Crippen LogP contribution in [-0.4, -0.2) is 11.9 Å². The zero-order valence-corrected chi connectivity index (χ0v) is 13.3. The van der Waals surface area contributed by atoms with Crippen LogP contribution in [0.5, 0.6) is 0 Å². The molecule has 0 unspecified atom stereocenters. The first-order valence-electron chi connectivity index (χ1n) is 7.73. The van der Waals surface area contributed by atoms with Gasteiger partial charge in [-0.1, -0.05) is 42.5 Å². The minimum Gasteiger partial charge on any atom is -0.374 e. The second-order valence-corrected chi connectivity index (χ2v) is 5.57. The maximum atomic E-state index is 12.4. The van der Waals surface area contributed by atoms with Gasteiger partial charge in [-0.15, -0.1) is 0 Å². The minimum absolute atomic E-state index is 0.189. The van der Waals surface area contributed by atoms with E-state index in [1.54, 1.807) is 31.2 Å². The van der Waals surface area contributed by atoms with Gasteiger partial charge in [0.05, 0.1) is 11.3 Å². The summed E-state index contributed by atoms with van der Waals surface area (Å²) in [4.78, 5) is 12.4. The number of anilines is 2. The lowest BCUT2D eigenvalue weighted by Crippen LogP contribution is -2.32. The lowest BCUT2D eigenvalue weighted by molar-refractivity contribution is -0.116. The average Bonchev–Trinajstić information content (AvgIpc) is 2.62. The highest BCUT2D eigenvalue weighted by molar-refractivity contribution is 5.97. The van der Waals surface area contributed by atoms with Crippen LogP contribution in [0.3, 0.4) is 0 Å². The summed E-state index contributed by atoms with van der Waals surface area (Å²) >= 11 is 0. The van der Waals surface area contributed by atoms with Gasteiger partial charge in [-0.05, 0) is 42.0 Å². The third-order valence-electron chi connectivity index (χ3n) is 3.83. The van der Waals surface area contributed by atoms with E-state index in [9.17, 15) is 4.79 Å². The molecule has 0 saturated heterocycles. The number of fused-ring (bicyclic) bond motifs is 1. The van der Waals surface area contributed by atoms with Gasteiger partial charge in [-0.3, -0.25) is 4.79 Å². The Kier molecular flexibility index (Phi) is 4.44. The zero-order valence-electron chi connectivity index (χ0n) is 13.3. The zero-order chi connectivity index (χ0) is 16.9. The summed E-state index contributed by atoms with van der Waals surface area (Å²) in [5.41, 5.74) is 1.85. The van der Waals surface area contributed by atoms with Crippen LogP contribution < -0.4 is 10.6 Å². The summed E-state index contributed by atoms with van der Waals surface area (Å²) in [5.74, 6) is -0.189. The van der Waals surface area contributed by atoms with Gasteiger partial charge in [-0.2, -0.15) is 5.26 Å². The molecule has 0 aliphatic rings. The third-order valence-corrected chi connectivity index (χ3v) is 3.83. The van der Waals surface area contributed by atoms with E-state index in [1.807, 2.05) is 42.5 Å². The molecule has 0 spiro atoms. The smallest absolute Gasteiger partial charge is 0.246 e. The Bertz CT molecular complexity index is 927. The number of nitrogens with one attached hydrogen (secondary N) is 2. The first-order chi connectivity index (χ1) is 11.7. The van der Waals surface area contributed by atoms with Gasteiger partial charge in [0.1, 0.15) is 12.1 Å². The van der Waals surface area contributed by atoms with Crippen LogP contribution in [0.1, 0.15) is 12.5 Å². The number of benzene rings is 3. The highest BCUT2D eigenvalue weighted by Gasteiger charge is 2.14. The summed E-state index contributed by atoms with van der Waals surface area (Å²) < 4.78 is 0. The minimum atomic E-state index is -0.432. The van der Waals surface area contributed by atoms with Crippen molar-refractivity contribution in [3.8, 4) is 6.07 Å². The van der Waals surface area contributed by atoms with Gasteiger partial charge in [-0.25, -0.2) is 0 Å². The molecule has 118 valence electrons. The Morgan fingerprint density at radius 2 is 1.71 bits per heavy atom. The molecule has 0 fully saturated rings. The molecule has 24 heavy (non-hydrogen) atoms. The molecule has 3 aromatic rings. The molecular formula is C20H17N3O. The quantitative estimate of drug-likeness (QED) is 0.760. The molecule has 0 aliphatic heterocycles. The van der Waals surface area contributed by atoms with E-state index in [0.29, 0.717) is 11.3 Å². The standard InChI is InChI=1S/C20H17N3O/c1-14(20(24)23-19-9-5-4-8-17(19)13-21)22-18-11-10-15-6-2-3-7-16(15)12-18/h2-12,14,22H,1H3,(H,23,24)/t14-/m1/s1. The highest BCUT2D eigenvalue weighted by Crippen LogP contribution is 2.20. The van der Waals surface area contributed by atoms with E-state index in [4.69, 9.17) is 5.26 Å². The molecule has 1 atom stereocenters. The van der Waals surface area contributed by atoms with Crippen molar-refractivity contribution in [3.05, 3.63) is 72.3 Å². The van der Waals surface area contributed by atoms with E-state index in [2.05, 4.69) is 16.7 Å². The second-order valence-electron chi connectivity index (χ2n) is 5.57. The number of carbonyl (C=O) groups excluding carboxylic acids is 1. The van der Waals surface area contributed by atoms with E-state index in [1.165, 1.54) is 0 Å². The summed E-state index contributed by atoms with van der Waals surface area (Å²) in [7, 11) is 0. The van der Waals surface area contributed by atoms with Crippen molar-refractivity contribution >= 4 is 28.1 Å². The average molecular weight is 315 g/mol. The van der Waals surface area contributed by atoms with Gasteiger partial charge in [0.2, 0.25) is 5.91 Å². The van der Waals surface area contributed by atoms with Crippen LogP contribution in [0.25, 0.3) is 10.8 Å². The van der Waals surface area contributed by atoms with Crippen molar-refractivity contribution in [1.82, 2.24) is 0 Å². The van der Waals surface area contributed by atoms with E-state index < -0.39 is 6.04 Å². The molecule has 0 aromatic heterocycles. The molecule has 3 aromatic carbocycles. The SMILES string of the molecule is C[C@@H](Nc1ccc2ccccc2c1)C(=O)Nc1ccccc1C#N. The molecule has 0 bridgehead atoms. The molecular weight excluding hydrogens is 298 g/mol. The molecule has 4 heteroatoms. The monoisotopic (exact) mass is 315 g/mol. The lowest BCUT2D eigenvalue weighted by Gasteiger charge is -2.16. The van der Waals surface area contributed by atoms with Crippen molar-refractivity contribution < 1.29 is 4.79 Å². The molecule has 0 aliphatic carbocycles. The number of nitrogens with zero attached hydrogens (tertiary/aromatic N) is 1. The van der Waals surface area contributed by atoms with E-state index in [-0.39, 0.29) is 5.91 Å². The molecule has 3 rings (SSSR count). The van der Waals surface area contributed by atoms with Gasteiger partial charge >= 0.3 is 0 Å². The summed E-state index contributed by atoms with van der Waals surface area (Å²) in [6.45, 7) is 1.79. The first-order valence-corrected chi connectivity index (χ1v) is 7.73. The Morgan fingerprint density at radius 1 is 1.00 bits per heavy atom. The van der Waals surface area contributed by atoms with Crippen LogP contribution in [0.2, 0.25) is 0 Å². The number of carbonyl (C=O) groups is 1. The first kappa shape index (κ1) is 15.6. The fraction of sp³-hybridized carbons (Fsp3) is 0.100. The van der Waals surface area contributed by atoms with Crippen molar-refractivity contribution in [1.29, 1.82) is 5.26 Å². The maximum Gasteiger partial charge on any atom is 0.246 e. The van der Waals surface area contributed by atoms with Gasteiger partial charge in [0.15, 0.2) is 0 Å². The fourth-order valence-electron chi connectivity index (χ4n) is 2.53. The lowest BCUT2D eigenvalue weighted by atomic mass is 10.1. The fourth-order valence-corrected chi connectivity index (χ4v) is 2.53.